The quantitative estimate of drug-likeness (QED) is 0.275. The first kappa shape index (κ1) is 33.5. The minimum absolute atomic E-state index is 0. The largest absolute Gasteiger partial charge is 0.351 e. The molecule has 1 aliphatic heterocycles. The first-order valence-electron chi connectivity index (χ1n) is 14.2. The Morgan fingerprint density at radius 3 is 2.20 bits per heavy atom. The Hall–Kier alpha value is -1.98. The summed E-state index contributed by atoms with van der Waals surface area (Å²) in [5, 5.41) is 5.72. The van der Waals surface area contributed by atoms with E-state index in [0.717, 1.165) is 75.6 Å². The number of fused-ring (bicyclic) bond motifs is 1. The fraction of sp³-hybridized carbons (Fsp3) is 0.607. The van der Waals surface area contributed by atoms with Crippen LogP contribution in [0.25, 0.3) is 11.2 Å². The average molecular weight is 634 g/mol. The van der Waals surface area contributed by atoms with Gasteiger partial charge in [-0.25, -0.2) is 18.8 Å². The molecule has 0 unspecified atom stereocenters. The summed E-state index contributed by atoms with van der Waals surface area (Å²) < 4.78 is 30.5. The number of hydrazine groups is 1. The minimum atomic E-state index is -0.452. The van der Waals surface area contributed by atoms with E-state index in [2.05, 4.69) is 20.3 Å². The summed E-state index contributed by atoms with van der Waals surface area (Å²) in [6, 6.07) is 5.13. The summed E-state index contributed by atoms with van der Waals surface area (Å²) in [6.07, 6.45) is 12.9. The molecule has 0 radical (unpaired) electrons. The van der Waals surface area contributed by atoms with Crippen molar-refractivity contribution in [3.63, 3.8) is 0 Å². The van der Waals surface area contributed by atoms with Gasteiger partial charge in [-0.3, -0.25) is 0 Å². The Bertz CT molecular complexity index is 1240. The lowest BCUT2D eigenvalue weighted by Crippen LogP contribution is -2.39. The number of hydrogen-bond acceptors (Lipinski definition) is 7. The Kier molecular flexibility index (Phi) is 12.2. The Balaban J connectivity index is 0.00000154. The standard InChI is InChI=1S/C28H38F2N8.3ClH/c29-23-6-3-7-24(30)22(23)16-18-12-14-37(15-13-18)36-26-25-27(38(17-32-25)21-4-1-2-5-21)35-28(34-26)33-20-10-8-19(31)9-11-20;;;/h3,6-7,17-21H,1-2,4-5,8-16,31H2,(H2,33,34,35,36);3*1H. The number of nitrogens with one attached hydrogen (secondary N) is 2. The topological polar surface area (TPSA) is 96.9 Å². The molecule has 0 spiro atoms. The lowest BCUT2D eigenvalue weighted by atomic mass is 9.90. The zero-order valence-corrected chi connectivity index (χ0v) is 25.6. The highest BCUT2D eigenvalue weighted by molar-refractivity contribution is 5.86. The molecule has 1 aromatic carbocycles. The molecule has 0 amide bonds. The number of aromatic nitrogens is 4. The molecule has 0 atom stereocenters. The van der Waals surface area contributed by atoms with E-state index in [-0.39, 0.29) is 54.7 Å². The van der Waals surface area contributed by atoms with E-state index in [4.69, 9.17) is 20.7 Å². The Morgan fingerprint density at radius 2 is 1.54 bits per heavy atom. The molecular formula is C28H41Cl3F2N8. The van der Waals surface area contributed by atoms with E-state index in [9.17, 15) is 8.78 Å². The first-order chi connectivity index (χ1) is 18.5. The molecular weight excluding hydrogens is 593 g/mol. The summed E-state index contributed by atoms with van der Waals surface area (Å²) >= 11 is 0. The maximum absolute atomic E-state index is 14.2. The predicted molar refractivity (Wildman–Crippen MR) is 166 cm³/mol. The lowest BCUT2D eigenvalue weighted by Gasteiger charge is -2.32. The van der Waals surface area contributed by atoms with Gasteiger partial charge in [0.1, 0.15) is 11.6 Å². The monoisotopic (exact) mass is 632 g/mol. The maximum Gasteiger partial charge on any atom is 0.227 e. The van der Waals surface area contributed by atoms with Crippen LogP contribution in [0.3, 0.4) is 0 Å². The average Bonchev–Trinajstić information content (AvgIpc) is 3.59. The van der Waals surface area contributed by atoms with Gasteiger partial charge in [-0.05, 0) is 75.8 Å². The van der Waals surface area contributed by atoms with E-state index < -0.39 is 11.6 Å². The lowest BCUT2D eigenvalue weighted by molar-refractivity contribution is 0.214. The summed E-state index contributed by atoms with van der Waals surface area (Å²) in [7, 11) is 0. The fourth-order valence-electron chi connectivity index (χ4n) is 6.37. The van der Waals surface area contributed by atoms with Gasteiger partial charge in [0.05, 0.1) is 6.33 Å². The second-order valence-electron chi connectivity index (χ2n) is 11.4. The molecule has 0 bridgehead atoms. The molecule has 4 N–H and O–H groups in total. The van der Waals surface area contributed by atoms with Crippen LogP contribution in [0.2, 0.25) is 0 Å². The molecule has 13 heteroatoms. The smallest absolute Gasteiger partial charge is 0.227 e. The van der Waals surface area contributed by atoms with Gasteiger partial charge in [-0.15, -0.1) is 37.2 Å². The van der Waals surface area contributed by atoms with Crippen LogP contribution in [0.15, 0.2) is 24.5 Å². The zero-order valence-electron chi connectivity index (χ0n) is 23.1. The number of nitrogens with zero attached hydrogens (tertiary/aromatic N) is 5. The van der Waals surface area contributed by atoms with Gasteiger partial charge in [0.25, 0.3) is 0 Å². The van der Waals surface area contributed by atoms with Crippen molar-refractivity contribution >= 4 is 60.2 Å². The number of benzene rings is 1. The van der Waals surface area contributed by atoms with Crippen molar-refractivity contribution in [1.29, 1.82) is 0 Å². The molecule has 8 nitrogen and oxygen atoms in total. The van der Waals surface area contributed by atoms with E-state index >= 15 is 0 Å². The fourth-order valence-corrected chi connectivity index (χ4v) is 6.37. The van der Waals surface area contributed by atoms with Crippen molar-refractivity contribution in [2.75, 3.05) is 23.8 Å². The molecule has 2 aliphatic carbocycles. The highest BCUT2D eigenvalue weighted by Crippen LogP contribution is 2.34. The van der Waals surface area contributed by atoms with Gasteiger partial charge < -0.3 is 21.0 Å². The molecule has 3 heterocycles. The van der Waals surface area contributed by atoms with Crippen LogP contribution >= 0.6 is 37.2 Å². The summed E-state index contributed by atoms with van der Waals surface area (Å²) in [5.74, 6) is 0.672. The SMILES string of the molecule is Cl.Cl.Cl.NC1CCC(Nc2nc(NN3CCC(Cc4c(F)cccc4F)CC3)c3ncn(C4CCCC4)c3n2)CC1. The van der Waals surface area contributed by atoms with Crippen LogP contribution in [0.5, 0.6) is 0 Å². The van der Waals surface area contributed by atoms with Crippen LogP contribution in [-0.4, -0.2) is 49.7 Å². The minimum Gasteiger partial charge on any atom is -0.351 e. The molecule has 2 saturated carbocycles. The third-order valence-electron chi connectivity index (χ3n) is 8.68. The molecule has 228 valence electrons. The number of anilines is 2. The molecule has 41 heavy (non-hydrogen) atoms. The second kappa shape index (κ2) is 15.0. The number of hydrogen-bond donors (Lipinski definition) is 3. The molecule has 3 aliphatic rings. The second-order valence-corrected chi connectivity index (χ2v) is 11.4. The Labute approximate surface area is 258 Å². The van der Waals surface area contributed by atoms with E-state index in [1.165, 1.54) is 31.0 Å². The van der Waals surface area contributed by atoms with Crippen molar-refractivity contribution in [2.24, 2.45) is 11.7 Å². The summed E-state index contributed by atoms with van der Waals surface area (Å²) in [5.41, 5.74) is 11.5. The van der Waals surface area contributed by atoms with Crippen molar-refractivity contribution in [1.82, 2.24) is 24.5 Å². The van der Waals surface area contributed by atoms with Crippen molar-refractivity contribution in [2.45, 2.75) is 88.8 Å². The van der Waals surface area contributed by atoms with Gasteiger partial charge >= 0.3 is 0 Å². The Morgan fingerprint density at radius 1 is 0.878 bits per heavy atom. The summed E-state index contributed by atoms with van der Waals surface area (Å²) in [6.45, 7) is 1.53. The van der Waals surface area contributed by atoms with E-state index in [1.54, 1.807) is 0 Å². The molecule has 1 saturated heterocycles. The van der Waals surface area contributed by atoms with Crippen LogP contribution in [0.1, 0.15) is 75.8 Å². The van der Waals surface area contributed by atoms with Crippen LogP contribution in [-0.2, 0) is 6.42 Å². The molecule has 2 aromatic heterocycles. The molecule has 6 rings (SSSR count). The van der Waals surface area contributed by atoms with Crippen molar-refractivity contribution in [3.8, 4) is 0 Å². The van der Waals surface area contributed by atoms with Gasteiger partial charge in [0.2, 0.25) is 5.95 Å². The number of nitrogens with two attached hydrogens (primary N) is 1. The first-order valence-corrected chi connectivity index (χ1v) is 14.2. The van der Waals surface area contributed by atoms with Crippen LogP contribution in [0.4, 0.5) is 20.5 Å². The number of halogens is 5. The summed E-state index contributed by atoms with van der Waals surface area (Å²) in [4.78, 5) is 14.6. The highest BCUT2D eigenvalue weighted by atomic mass is 35.5. The van der Waals surface area contributed by atoms with Crippen molar-refractivity contribution in [3.05, 3.63) is 41.7 Å². The van der Waals surface area contributed by atoms with E-state index in [1.807, 2.05) is 6.33 Å². The zero-order chi connectivity index (χ0) is 26.1. The molecule has 3 fully saturated rings. The molecule has 3 aromatic rings. The number of piperidine rings is 1. The van der Waals surface area contributed by atoms with Crippen molar-refractivity contribution < 1.29 is 8.78 Å². The predicted octanol–water partition coefficient (Wildman–Crippen LogP) is 6.45. The number of rotatable bonds is 7. The third-order valence-corrected chi connectivity index (χ3v) is 8.68. The number of imidazole rings is 1. The third kappa shape index (κ3) is 7.70. The van der Waals surface area contributed by atoms with E-state index in [0.29, 0.717) is 30.3 Å². The van der Waals surface area contributed by atoms with Gasteiger partial charge in [0, 0.05) is 36.8 Å². The van der Waals surface area contributed by atoms with Crippen LogP contribution < -0.4 is 16.5 Å². The highest BCUT2D eigenvalue weighted by Gasteiger charge is 2.26. The van der Waals surface area contributed by atoms with Gasteiger partial charge in [-0.2, -0.15) is 9.97 Å². The van der Waals surface area contributed by atoms with Crippen LogP contribution in [0, 0.1) is 17.6 Å². The van der Waals surface area contributed by atoms with Gasteiger partial charge in [0.15, 0.2) is 17.0 Å². The maximum atomic E-state index is 14.2. The van der Waals surface area contributed by atoms with Gasteiger partial charge in [-0.1, -0.05) is 18.9 Å². The normalized spacial score (nSPS) is 22.0.